The van der Waals surface area contributed by atoms with Crippen molar-refractivity contribution in [2.45, 2.75) is 32.8 Å². The smallest absolute Gasteiger partial charge is 0.274 e. The molecule has 0 aliphatic carbocycles. The van der Waals surface area contributed by atoms with Crippen LogP contribution >= 0.6 is 11.3 Å². The van der Waals surface area contributed by atoms with Crippen LogP contribution in [0.5, 0.6) is 10.9 Å². The van der Waals surface area contributed by atoms with Crippen molar-refractivity contribution in [2.75, 3.05) is 20.2 Å². The number of aryl methyl sites for hydroxylation is 2. The van der Waals surface area contributed by atoms with Crippen LogP contribution in [0.4, 0.5) is 0 Å². The quantitative estimate of drug-likeness (QED) is 0.646. The molecule has 0 bridgehead atoms. The Balaban J connectivity index is 1.37. The molecule has 1 aliphatic heterocycles. The van der Waals surface area contributed by atoms with Crippen LogP contribution in [0.3, 0.4) is 0 Å². The summed E-state index contributed by atoms with van der Waals surface area (Å²) in [4.78, 5) is 19.3. The van der Waals surface area contributed by atoms with Crippen LogP contribution in [0.15, 0.2) is 36.4 Å². The Hall–Kier alpha value is -2.60. The van der Waals surface area contributed by atoms with Gasteiger partial charge in [0.15, 0.2) is 0 Å². The first-order valence-corrected chi connectivity index (χ1v) is 10.3. The van der Waals surface area contributed by atoms with Gasteiger partial charge in [0, 0.05) is 37.6 Å². The number of methoxy groups -OCH3 is 1. The van der Waals surface area contributed by atoms with Gasteiger partial charge in [0.2, 0.25) is 0 Å². The van der Waals surface area contributed by atoms with Crippen molar-refractivity contribution in [3.63, 3.8) is 0 Å². The number of hydrogen-bond donors (Lipinski definition) is 0. The first-order chi connectivity index (χ1) is 13.5. The zero-order valence-electron chi connectivity index (χ0n) is 16.4. The number of aromatic nitrogens is 1. The van der Waals surface area contributed by atoms with E-state index in [1.165, 1.54) is 5.56 Å². The van der Waals surface area contributed by atoms with Gasteiger partial charge in [-0.15, -0.1) is 0 Å². The maximum Gasteiger partial charge on any atom is 0.274 e. The van der Waals surface area contributed by atoms with Crippen molar-refractivity contribution in [3.05, 3.63) is 53.1 Å². The van der Waals surface area contributed by atoms with Crippen molar-refractivity contribution in [1.82, 2.24) is 9.88 Å². The monoisotopic (exact) mass is 396 g/mol. The fourth-order valence-electron chi connectivity index (χ4n) is 3.44. The molecule has 0 radical (unpaired) electrons. The van der Waals surface area contributed by atoms with Gasteiger partial charge in [-0.1, -0.05) is 17.4 Å². The highest BCUT2D eigenvalue weighted by Crippen LogP contribution is 2.32. The molecule has 0 N–H and O–H groups in total. The lowest BCUT2D eigenvalue weighted by atomic mass is 10.0. The molecule has 1 aliphatic rings. The molecule has 1 aromatic heterocycles. The van der Waals surface area contributed by atoms with E-state index < -0.39 is 0 Å². The number of likely N-dealkylation sites (tertiary alicyclic amines) is 1. The summed E-state index contributed by atoms with van der Waals surface area (Å²) in [5.41, 5.74) is 4.01. The second-order valence-corrected chi connectivity index (χ2v) is 8.22. The zero-order valence-corrected chi connectivity index (χ0v) is 17.2. The molecule has 4 rings (SSSR count). The Kier molecular flexibility index (Phi) is 5.22. The van der Waals surface area contributed by atoms with Crippen LogP contribution < -0.4 is 9.47 Å². The van der Waals surface area contributed by atoms with E-state index in [0.29, 0.717) is 18.3 Å². The van der Waals surface area contributed by atoms with Crippen LogP contribution in [0, 0.1) is 13.8 Å². The zero-order chi connectivity index (χ0) is 19.7. The van der Waals surface area contributed by atoms with Gasteiger partial charge < -0.3 is 14.4 Å². The molecular weight excluding hydrogens is 372 g/mol. The molecule has 0 spiro atoms. The standard InChI is InChI=1S/C22H24N2O3S/c1-14-4-5-16(12-15(14)2)21(25)24-10-8-17(9-11-24)27-22-23-19-13-18(26-3)6-7-20(19)28-22/h4-7,12-13,17H,8-11H2,1-3H3. The number of hydrogen-bond acceptors (Lipinski definition) is 5. The van der Waals surface area contributed by atoms with Gasteiger partial charge in [0.25, 0.3) is 11.1 Å². The summed E-state index contributed by atoms with van der Waals surface area (Å²) in [5.74, 6) is 0.899. The van der Waals surface area contributed by atoms with E-state index in [1.807, 2.05) is 48.2 Å². The highest BCUT2D eigenvalue weighted by Gasteiger charge is 2.25. The van der Waals surface area contributed by atoms with Crippen LogP contribution in [0.2, 0.25) is 0 Å². The van der Waals surface area contributed by atoms with Crippen LogP contribution in [-0.2, 0) is 0 Å². The molecule has 146 valence electrons. The van der Waals surface area contributed by atoms with Gasteiger partial charge >= 0.3 is 0 Å². The molecule has 28 heavy (non-hydrogen) atoms. The summed E-state index contributed by atoms with van der Waals surface area (Å²) in [5, 5.41) is 0.683. The summed E-state index contributed by atoms with van der Waals surface area (Å²) in [7, 11) is 1.65. The second kappa shape index (κ2) is 7.80. The van der Waals surface area contributed by atoms with Crippen molar-refractivity contribution < 1.29 is 14.3 Å². The number of rotatable bonds is 4. The molecule has 1 fully saturated rings. The lowest BCUT2D eigenvalue weighted by molar-refractivity contribution is 0.0595. The third kappa shape index (κ3) is 3.83. The Labute approximate surface area is 168 Å². The lowest BCUT2D eigenvalue weighted by Gasteiger charge is -2.31. The normalized spacial score (nSPS) is 15.0. The molecule has 3 aromatic rings. The van der Waals surface area contributed by atoms with E-state index in [2.05, 4.69) is 11.9 Å². The van der Waals surface area contributed by atoms with Crippen molar-refractivity contribution in [2.24, 2.45) is 0 Å². The summed E-state index contributed by atoms with van der Waals surface area (Å²) in [6.45, 7) is 5.51. The number of amides is 1. The molecule has 0 unspecified atom stereocenters. The fourth-order valence-corrected chi connectivity index (χ4v) is 4.30. The van der Waals surface area contributed by atoms with Gasteiger partial charge in [0.1, 0.15) is 11.9 Å². The van der Waals surface area contributed by atoms with Gasteiger partial charge in [-0.05, 0) is 49.2 Å². The predicted molar refractivity (Wildman–Crippen MR) is 112 cm³/mol. The third-order valence-electron chi connectivity index (χ3n) is 5.33. The molecule has 0 atom stereocenters. The highest BCUT2D eigenvalue weighted by molar-refractivity contribution is 7.20. The minimum atomic E-state index is 0.0891. The Morgan fingerprint density at radius 1 is 1.11 bits per heavy atom. The number of fused-ring (bicyclic) bond motifs is 1. The number of piperidine rings is 1. The Morgan fingerprint density at radius 2 is 1.89 bits per heavy atom. The van der Waals surface area contributed by atoms with E-state index in [0.717, 1.165) is 39.9 Å². The van der Waals surface area contributed by atoms with E-state index in [4.69, 9.17) is 9.47 Å². The van der Waals surface area contributed by atoms with Crippen molar-refractivity contribution >= 4 is 27.5 Å². The number of carbonyl (C=O) groups is 1. The average molecular weight is 397 g/mol. The fraction of sp³-hybridized carbons (Fsp3) is 0.364. The average Bonchev–Trinajstić information content (AvgIpc) is 3.11. The van der Waals surface area contributed by atoms with Crippen molar-refractivity contribution in [3.8, 4) is 10.9 Å². The maximum absolute atomic E-state index is 12.8. The van der Waals surface area contributed by atoms with Gasteiger partial charge in [-0.2, -0.15) is 0 Å². The van der Waals surface area contributed by atoms with Crippen LogP contribution in [-0.4, -0.2) is 42.1 Å². The minimum absolute atomic E-state index is 0.0891. The molecular formula is C22H24N2O3S. The second-order valence-electron chi connectivity index (χ2n) is 7.22. The minimum Gasteiger partial charge on any atom is -0.497 e. The number of thiazole rings is 1. The SMILES string of the molecule is COc1ccc2sc(OC3CCN(C(=O)c4ccc(C)c(C)c4)CC3)nc2c1. The Bertz CT molecular complexity index is 1010. The van der Waals surface area contributed by atoms with E-state index in [1.54, 1.807) is 18.4 Å². The number of carbonyl (C=O) groups excluding carboxylic acids is 1. The number of nitrogens with zero attached hydrogens (tertiary/aromatic N) is 2. The molecule has 5 nitrogen and oxygen atoms in total. The number of benzene rings is 2. The first-order valence-electron chi connectivity index (χ1n) is 9.51. The van der Waals surface area contributed by atoms with Crippen molar-refractivity contribution in [1.29, 1.82) is 0 Å². The summed E-state index contributed by atoms with van der Waals surface area (Å²) >= 11 is 1.55. The van der Waals surface area contributed by atoms with E-state index >= 15 is 0 Å². The lowest BCUT2D eigenvalue weighted by Crippen LogP contribution is -2.41. The topological polar surface area (TPSA) is 51.7 Å². The van der Waals surface area contributed by atoms with E-state index in [9.17, 15) is 4.79 Å². The van der Waals surface area contributed by atoms with Gasteiger partial charge in [0.05, 0.1) is 17.3 Å². The highest BCUT2D eigenvalue weighted by atomic mass is 32.1. The van der Waals surface area contributed by atoms with Crippen LogP contribution in [0.25, 0.3) is 10.2 Å². The largest absolute Gasteiger partial charge is 0.497 e. The summed E-state index contributed by atoms with van der Waals surface area (Å²) < 4.78 is 12.4. The molecule has 0 saturated carbocycles. The van der Waals surface area contributed by atoms with E-state index in [-0.39, 0.29) is 12.0 Å². The predicted octanol–water partition coefficient (Wildman–Crippen LogP) is 4.61. The maximum atomic E-state index is 12.8. The molecule has 6 heteroatoms. The molecule has 2 aromatic carbocycles. The van der Waals surface area contributed by atoms with Gasteiger partial charge in [-0.3, -0.25) is 4.79 Å². The number of ether oxygens (including phenoxy) is 2. The molecule has 1 amide bonds. The summed E-state index contributed by atoms with van der Waals surface area (Å²) in [6, 6.07) is 11.8. The van der Waals surface area contributed by atoms with Gasteiger partial charge in [-0.25, -0.2) is 4.98 Å². The summed E-state index contributed by atoms with van der Waals surface area (Å²) in [6.07, 6.45) is 1.72. The Morgan fingerprint density at radius 3 is 2.61 bits per heavy atom. The molecule has 2 heterocycles. The van der Waals surface area contributed by atoms with Crippen LogP contribution in [0.1, 0.15) is 34.3 Å². The molecule has 1 saturated heterocycles. The third-order valence-corrected chi connectivity index (χ3v) is 6.25. The first kappa shape index (κ1) is 18.7.